The molecule has 0 N–H and O–H groups in total. The Bertz CT molecular complexity index is 653. The summed E-state index contributed by atoms with van der Waals surface area (Å²) in [6.45, 7) is 0. The van der Waals surface area contributed by atoms with Crippen LogP contribution in [0.3, 0.4) is 0 Å². The first-order valence-corrected chi connectivity index (χ1v) is 9.80. The summed E-state index contributed by atoms with van der Waals surface area (Å²) < 4.78 is 55.1. The van der Waals surface area contributed by atoms with Gasteiger partial charge in [-0.15, -0.1) is 0 Å². The maximum Gasteiger partial charge on any atom is 0.300 e. The quantitative estimate of drug-likeness (QED) is 0.251. The van der Waals surface area contributed by atoms with Crippen molar-refractivity contribution < 1.29 is 30.1 Å². The largest absolute Gasteiger partial charge is 0.726 e. The average Bonchev–Trinajstić information content (AvgIpc) is 2.27. The van der Waals surface area contributed by atoms with Crippen molar-refractivity contribution in [3.63, 3.8) is 0 Å². The van der Waals surface area contributed by atoms with Crippen molar-refractivity contribution in [2.45, 2.75) is 6.50 Å². The lowest BCUT2D eigenvalue weighted by Crippen LogP contribution is -2.38. The molecule has 0 amide bonds. The number of hydrogen-bond acceptors (Lipinski definition) is 6. The Kier molecular flexibility index (Phi) is 7.76. The minimum absolute atomic E-state index is 0.214. The van der Waals surface area contributed by atoms with E-state index in [0.29, 0.717) is 0 Å². The van der Waals surface area contributed by atoms with Crippen molar-refractivity contribution in [2.24, 2.45) is 7.05 Å². The van der Waals surface area contributed by atoms with Crippen molar-refractivity contribution in [2.75, 3.05) is 7.11 Å². The molecule has 0 aliphatic heterocycles. The van der Waals surface area contributed by atoms with Gasteiger partial charge in [0.2, 0.25) is 11.9 Å². The number of hydrogen-bond donors (Lipinski definition) is 0. The molecule has 116 valence electrons. The zero-order valence-corrected chi connectivity index (χ0v) is 16.5. The van der Waals surface area contributed by atoms with Gasteiger partial charge in [0.15, 0.2) is 6.20 Å². The predicted octanol–water partition coefficient (Wildman–Crippen LogP) is 1.17. The molecule has 0 aromatic carbocycles. The van der Waals surface area contributed by atoms with Crippen molar-refractivity contribution in [1.82, 2.24) is 0 Å². The Morgan fingerprint density at radius 2 is 1.65 bits per heavy atom. The number of rotatable bonds is 2. The molecule has 0 bridgehead atoms. The monoisotopic (exact) mass is 517 g/mol. The molecule has 1 aromatic rings. The Morgan fingerprint density at radius 3 is 1.95 bits per heavy atom. The van der Waals surface area contributed by atoms with Gasteiger partial charge in [-0.2, -0.15) is 4.57 Å². The van der Waals surface area contributed by atoms with E-state index >= 15 is 0 Å². The molecular formula is C8H10Br3NO6S2. The highest BCUT2D eigenvalue weighted by atomic mass is 80.0. The fourth-order valence-corrected chi connectivity index (χ4v) is 3.33. The second kappa shape index (κ2) is 7.61. The van der Waals surface area contributed by atoms with E-state index in [9.17, 15) is 21.4 Å². The summed E-state index contributed by atoms with van der Waals surface area (Å²) in [6, 6.07) is 4.97. The normalized spacial score (nSPS) is 12.5. The second-order valence-electron chi connectivity index (χ2n) is 3.17. The Morgan fingerprint density at radius 1 is 1.20 bits per heavy atom. The van der Waals surface area contributed by atoms with Gasteiger partial charge in [0, 0.05) is 12.1 Å². The summed E-state index contributed by atoms with van der Waals surface area (Å²) in [5, 5.41) is 0.214. The van der Waals surface area contributed by atoms with Crippen LogP contribution in [0.15, 0.2) is 29.4 Å². The highest BCUT2D eigenvalue weighted by molar-refractivity contribution is 9.42. The molecular weight excluding hydrogens is 510 g/mol. The van der Waals surface area contributed by atoms with Gasteiger partial charge in [-0.25, -0.2) is 16.8 Å². The van der Waals surface area contributed by atoms with Crippen LogP contribution in [0.2, 0.25) is 0 Å². The van der Waals surface area contributed by atoms with E-state index in [1.165, 1.54) is 10.6 Å². The van der Waals surface area contributed by atoms with Crippen LogP contribution >= 0.6 is 47.8 Å². The van der Waals surface area contributed by atoms with Crippen LogP contribution in [0.1, 0.15) is 0 Å². The van der Waals surface area contributed by atoms with Crippen LogP contribution in [0.4, 0.5) is 0 Å². The fourth-order valence-electron chi connectivity index (χ4n) is 0.905. The minimum atomic E-state index is -4.41. The Labute approximate surface area is 142 Å². The van der Waals surface area contributed by atoms with Crippen LogP contribution < -0.4 is 4.57 Å². The first-order valence-electron chi connectivity index (χ1n) is 4.60. The fraction of sp³-hybridized carbons (Fsp3) is 0.375. The number of aromatic nitrogens is 1. The van der Waals surface area contributed by atoms with Gasteiger partial charge >= 0.3 is 0 Å². The summed E-state index contributed by atoms with van der Waals surface area (Å²) in [6.07, 6.45) is 1.67. The smallest absolute Gasteiger partial charge is 0.300 e. The van der Waals surface area contributed by atoms with Crippen LogP contribution in [-0.2, 0) is 31.5 Å². The number of pyridine rings is 1. The number of nitrogens with zero attached hydrogens (tertiary/aromatic N) is 1. The highest BCUT2D eigenvalue weighted by Gasteiger charge is 2.42. The van der Waals surface area contributed by atoms with E-state index in [4.69, 9.17) is 0 Å². The molecule has 0 radical (unpaired) electrons. The third kappa shape index (κ3) is 6.45. The molecule has 1 aromatic heterocycles. The number of sulfone groups is 1. The van der Waals surface area contributed by atoms with Crippen molar-refractivity contribution in [1.29, 1.82) is 0 Å². The van der Waals surface area contributed by atoms with Crippen molar-refractivity contribution in [3.8, 4) is 0 Å². The average molecular weight is 520 g/mol. The van der Waals surface area contributed by atoms with E-state index in [-0.39, 0.29) is 5.03 Å². The standard InChI is InChI=1S/C7H7Br3NO2S.CH4O4S/c1-11-5-3-2-4-6(11)14(12,13)7(8,9)10;1-5-6(2,3)4/h2-5H,1H3;1H3,(H,2,3,4)/q+1;/p-1. The lowest BCUT2D eigenvalue weighted by atomic mass is 10.5. The molecule has 0 spiro atoms. The van der Waals surface area contributed by atoms with E-state index in [1.807, 2.05) is 0 Å². The van der Waals surface area contributed by atoms with Gasteiger partial charge in [0.05, 0.1) is 7.11 Å². The van der Waals surface area contributed by atoms with Gasteiger partial charge in [0.25, 0.3) is 14.9 Å². The zero-order chi connectivity index (χ0) is 16.2. The Hall–Kier alpha value is 0.410. The second-order valence-corrected chi connectivity index (χ2v) is 14.7. The number of aryl methyl sites for hydroxylation is 1. The maximum atomic E-state index is 11.9. The summed E-state index contributed by atoms with van der Waals surface area (Å²) in [5.41, 5.74) is 0. The molecule has 0 aliphatic rings. The molecule has 0 saturated heterocycles. The van der Waals surface area contributed by atoms with Crippen LogP contribution in [-0.4, -0.2) is 30.0 Å². The molecule has 7 nitrogen and oxygen atoms in total. The summed E-state index contributed by atoms with van der Waals surface area (Å²) in [4.78, 5) is 0. The first-order chi connectivity index (χ1) is 8.83. The molecule has 0 saturated carbocycles. The Balaban J connectivity index is 0.000000511. The summed E-state index contributed by atoms with van der Waals surface area (Å²) >= 11 is 9.01. The lowest BCUT2D eigenvalue weighted by molar-refractivity contribution is -0.709. The first kappa shape index (κ1) is 20.4. The van der Waals surface area contributed by atoms with E-state index in [0.717, 1.165) is 7.11 Å². The van der Waals surface area contributed by atoms with E-state index in [2.05, 4.69) is 52.0 Å². The van der Waals surface area contributed by atoms with E-state index in [1.54, 1.807) is 25.4 Å². The maximum absolute atomic E-state index is 11.9. The third-order valence-corrected chi connectivity index (χ3v) is 7.62. The van der Waals surface area contributed by atoms with Gasteiger partial charge < -0.3 is 4.55 Å². The zero-order valence-electron chi connectivity index (χ0n) is 10.2. The highest BCUT2D eigenvalue weighted by Crippen LogP contribution is 2.42. The molecule has 0 unspecified atom stereocenters. The van der Waals surface area contributed by atoms with Gasteiger partial charge in [0.1, 0.15) is 7.05 Å². The molecule has 1 heterocycles. The van der Waals surface area contributed by atoms with Gasteiger partial charge in [-0.1, -0.05) is 0 Å². The van der Waals surface area contributed by atoms with Gasteiger partial charge in [-0.05, 0) is 53.9 Å². The molecule has 20 heavy (non-hydrogen) atoms. The van der Waals surface area contributed by atoms with Crippen LogP contribution in [0, 0.1) is 0 Å². The minimum Gasteiger partial charge on any atom is -0.726 e. The molecule has 0 fully saturated rings. The molecule has 0 aliphatic carbocycles. The van der Waals surface area contributed by atoms with Crippen molar-refractivity contribution >= 4 is 68.0 Å². The molecule has 0 atom stereocenters. The number of alkyl halides is 3. The van der Waals surface area contributed by atoms with Gasteiger partial charge in [-0.3, -0.25) is 4.18 Å². The van der Waals surface area contributed by atoms with Crippen molar-refractivity contribution in [3.05, 3.63) is 24.4 Å². The molecule has 1 rings (SSSR count). The van der Waals surface area contributed by atoms with E-state index < -0.39 is 21.7 Å². The number of halogens is 3. The predicted molar refractivity (Wildman–Crippen MR) is 81.0 cm³/mol. The lowest BCUT2D eigenvalue weighted by Gasteiger charge is -2.10. The van der Waals surface area contributed by atoms with Crippen LogP contribution in [0.25, 0.3) is 0 Å². The third-order valence-electron chi connectivity index (χ3n) is 1.79. The topological polar surface area (TPSA) is 104 Å². The summed E-state index contributed by atoms with van der Waals surface area (Å²) in [7, 11) is -5.43. The SMILES string of the molecule is COS(=O)(=O)[O-].C[n+]1ccccc1S(=O)(=O)C(Br)(Br)Br. The molecule has 12 heteroatoms. The summed E-state index contributed by atoms with van der Waals surface area (Å²) in [5.74, 6) is 0. The van der Waals surface area contributed by atoms with Crippen LogP contribution in [0.5, 0.6) is 0 Å².